The molecule has 18 heavy (non-hydrogen) atoms. The van der Waals surface area contributed by atoms with E-state index in [0.717, 1.165) is 24.1 Å². The van der Waals surface area contributed by atoms with Crippen LogP contribution in [0.15, 0.2) is 16.3 Å². The molecule has 1 aromatic heterocycles. The van der Waals surface area contributed by atoms with Crippen molar-refractivity contribution in [2.45, 2.75) is 36.4 Å². The second-order valence-corrected chi connectivity index (χ2v) is 8.13. The van der Waals surface area contributed by atoms with Gasteiger partial charge in [-0.3, -0.25) is 0 Å². The summed E-state index contributed by atoms with van der Waals surface area (Å²) in [5, 5.41) is 0. The van der Waals surface area contributed by atoms with E-state index in [2.05, 4.69) is 0 Å². The van der Waals surface area contributed by atoms with Gasteiger partial charge in [-0.15, -0.1) is 11.3 Å². The summed E-state index contributed by atoms with van der Waals surface area (Å²) in [6.45, 7) is 2.42. The van der Waals surface area contributed by atoms with Gasteiger partial charge in [-0.1, -0.05) is 6.92 Å². The van der Waals surface area contributed by atoms with E-state index in [9.17, 15) is 8.42 Å². The van der Waals surface area contributed by atoms with Crippen LogP contribution in [-0.4, -0.2) is 32.4 Å². The van der Waals surface area contributed by atoms with Gasteiger partial charge >= 0.3 is 0 Å². The molecule has 1 aromatic rings. The van der Waals surface area contributed by atoms with Crippen LogP contribution in [0.1, 0.15) is 24.6 Å². The first-order valence-electron chi connectivity index (χ1n) is 6.27. The van der Waals surface area contributed by atoms with Crippen LogP contribution in [0.5, 0.6) is 0 Å². The number of hydrogen-bond donors (Lipinski definition) is 1. The second-order valence-electron chi connectivity index (χ2n) is 4.74. The Morgan fingerprint density at radius 3 is 2.61 bits per heavy atom. The Morgan fingerprint density at radius 1 is 1.50 bits per heavy atom. The summed E-state index contributed by atoms with van der Waals surface area (Å²) < 4.78 is 26.8. The zero-order chi connectivity index (χ0) is 13.3. The van der Waals surface area contributed by atoms with Crippen LogP contribution in [0.25, 0.3) is 0 Å². The molecule has 0 saturated heterocycles. The minimum atomic E-state index is -3.37. The first-order valence-corrected chi connectivity index (χ1v) is 8.53. The summed E-state index contributed by atoms with van der Waals surface area (Å²) >= 11 is 1.36. The van der Waals surface area contributed by atoms with Crippen molar-refractivity contribution in [3.8, 4) is 0 Å². The molecule has 1 heterocycles. The molecule has 1 fully saturated rings. The Bertz CT molecular complexity index is 506. The number of nitrogens with zero attached hydrogens (tertiary/aromatic N) is 1. The molecule has 1 aliphatic rings. The van der Waals surface area contributed by atoms with Gasteiger partial charge in [-0.25, -0.2) is 8.42 Å². The molecule has 0 spiro atoms. The normalized spacial score (nSPS) is 18.2. The zero-order valence-electron chi connectivity index (χ0n) is 10.8. The summed E-state index contributed by atoms with van der Waals surface area (Å²) in [5.41, 5.74) is 5.72. The highest BCUT2D eigenvalue weighted by Crippen LogP contribution is 2.37. The SMILES string of the molecule is CCc1ccc(S(=O)(=O)N(C)C(CN)C2CC2)s1. The van der Waals surface area contributed by atoms with Gasteiger partial charge in [0.2, 0.25) is 0 Å². The Labute approximate surface area is 113 Å². The van der Waals surface area contributed by atoms with Crippen molar-refractivity contribution in [2.75, 3.05) is 13.6 Å². The van der Waals surface area contributed by atoms with Crippen LogP contribution < -0.4 is 5.73 Å². The zero-order valence-corrected chi connectivity index (χ0v) is 12.4. The van der Waals surface area contributed by atoms with E-state index in [1.54, 1.807) is 13.1 Å². The van der Waals surface area contributed by atoms with Gasteiger partial charge in [0.05, 0.1) is 0 Å². The third kappa shape index (κ3) is 2.61. The van der Waals surface area contributed by atoms with Crippen LogP contribution >= 0.6 is 11.3 Å². The fraction of sp³-hybridized carbons (Fsp3) is 0.667. The van der Waals surface area contributed by atoms with Crippen molar-refractivity contribution >= 4 is 21.4 Å². The molecule has 4 nitrogen and oxygen atoms in total. The fourth-order valence-corrected chi connectivity index (χ4v) is 5.03. The number of nitrogens with two attached hydrogens (primary N) is 1. The highest BCUT2D eigenvalue weighted by molar-refractivity contribution is 7.91. The van der Waals surface area contributed by atoms with E-state index in [0.29, 0.717) is 16.7 Å². The maximum absolute atomic E-state index is 12.5. The van der Waals surface area contributed by atoms with Crippen LogP contribution in [0.4, 0.5) is 0 Å². The molecular weight excluding hydrogens is 268 g/mol. The molecule has 0 aromatic carbocycles. The quantitative estimate of drug-likeness (QED) is 0.866. The molecule has 1 atom stereocenters. The fourth-order valence-electron chi connectivity index (χ4n) is 2.13. The Balaban J connectivity index is 2.23. The lowest BCUT2D eigenvalue weighted by Crippen LogP contribution is -2.42. The van der Waals surface area contributed by atoms with Crippen molar-refractivity contribution in [3.63, 3.8) is 0 Å². The summed E-state index contributed by atoms with van der Waals surface area (Å²) in [5.74, 6) is 0.445. The minimum absolute atomic E-state index is 0.0535. The lowest BCUT2D eigenvalue weighted by Gasteiger charge is -2.25. The van der Waals surface area contributed by atoms with E-state index in [4.69, 9.17) is 5.73 Å². The molecule has 0 aliphatic heterocycles. The first kappa shape index (κ1) is 14.0. The van der Waals surface area contributed by atoms with Gasteiger partial charge in [-0.05, 0) is 37.3 Å². The Hall–Kier alpha value is -0.430. The third-order valence-electron chi connectivity index (χ3n) is 3.49. The summed E-state index contributed by atoms with van der Waals surface area (Å²) in [6, 6.07) is 3.54. The maximum atomic E-state index is 12.5. The van der Waals surface area contributed by atoms with Crippen LogP contribution in [-0.2, 0) is 16.4 Å². The number of thiophene rings is 1. The third-order valence-corrected chi connectivity index (χ3v) is 7.07. The predicted octanol–water partition coefficient (Wildman–Crippen LogP) is 1.67. The highest BCUT2D eigenvalue weighted by Gasteiger charge is 2.38. The number of likely N-dealkylation sites (N-methyl/N-ethyl adjacent to an activating group) is 1. The van der Waals surface area contributed by atoms with Gasteiger partial charge in [0.1, 0.15) is 4.21 Å². The molecule has 2 rings (SSSR count). The molecule has 6 heteroatoms. The molecular formula is C12H20N2O2S2. The van der Waals surface area contributed by atoms with E-state index < -0.39 is 10.0 Å². The van der Waals surface area contributed by atoms with E-state index in [-0.39, 0.29) is 6.04 Å². The maximum Gasteiger partial charge on any atom is 0.252 e. The van der Waals surface area contributed by atoms with Crippen molar-refractivity contribution in [2.24, 2.45) is 11.7 Å². The van der Waals surface area contributed by atoms with Gasteiger partial charge in [0, 0.05) is 24.5 Å². The Morgan fingerprint density at radius 2 is 2.17 bits per heavy atom. The average molecular weight is 288 g/mol. The van der Waals surface area contributed by atoms with Crippen LogP contribution in [0.3, 0.4) is 0 Å². The van der Waals surface area contributed by atoms with Gasteiger partial charge in [-0.2, -0.15) is 4.31 Å². The molecule has 102 valence electrons. The molecule has 0 radical (unpaired) electrons. The van der Waals surface area contributed by atoms with Crippen LogP contribution in [0, 0.1) is 5.92 Å². The van der Waals surface area contributed by atoms with E-state index in [1.165, 1.54) is 15.6 Å². The first-order chi connectivity index (χ1) is 8.50. The molecule has 0 amide bonds. The summed E-state index contributed by atoms with van der Waals surface area (Å²) in [6.07, 6.45) is 3.05. The topological polar surface area (TPSA) is 63.4 Å². The lowest BCUT2D eigenvalue weighted by molar-refractivity contribution is 0.341. The van der Waals surface area contributed by atoms with E-state index in [1.807, 2.05) is 13.0 Å². The minimum Gasteiger partial charge on any atom is -0.329 e. The number of sulfonamides is 1. The van der Waals surface area contributed by atoms with E-state index >= 15 is 0 Å². The molecule has 2 N–H and O–H groups in total. The Kier molecular flexibility index (Phi) is 4.11. The molecule has 1 saturated carbocycles. The van der Waals surface area contributed by atoms with Gasteiger partial charge < -0.3 is 5.73 Å². The van der Waals surface area contributed by atoms with Gasteiger partial charge in [0.15, 0.2) is 0 Å². The number of hydrogen-bond acceptors (Lipinski definition) is 4. The summed E-state index contributed by atoms with van der Waals surface area (Å²) in [7, 11) is -1.72. The largest absolute Gasteiger partial charge is 0.329 e. The average Bonchev–Trinajstić information content (AvgIpc) is 3.06. The lowest BCUT2D eigenvalue weighted by atomic mass is 10.2. The second kappa shape index (κ2) is 5.28. The standard InChI is InChI=1S/C12H20N2O2S2/c1-3-10-6-7-12(17-10)18(15,16)14(2)11(8-13)9-4-5-9/h6-7,9,11H,3-5,8,13H2,1-2H3. The van der Waals surface area contributed by atoms with Crippen molar-refractivity contribution in [1.29, 1.82) is 0 Å². The van der Waals surface area contributed by atoms with Crippen molar-refractivity contribution in [3.05, 3.63) is 17.0 Å². The summed E-state index contributed by atoms with van der Waals surface area (Å²) in [4.78, 5) is 1.10. The predicted molar refractivity (Wildman–Crippen MR) is 74.2 cm³/mol. The molecule has 1 aliphatic carbocycles. The van der Waals surface area contributed by atoms with Gasteiger partial charge in [0.25, 0.3) is 10.0 Å². The smallest absolute Gasteiger partial charge is 0.252 e. The highest BCUT2D eigenvalue weighted by atomic mass is 32.2. The monoisotopic (exact) mass is 288 g/mol. The number of aryl methyl sites for hydroxylation is 1. The molecule has 0 bridgehead atoms. The van der Waals surface area contributed by atoms with Crippen molar-refractivity contribution in [1.82, 2.24) is 4.31 Å². The molecule has 1 unspecified atom stereocenters. The number of rotatable bonds is 6. The van der Waals surface area contributed by atoms with Crippen LogP contribution in [0.2, 0.25) is 0 Å². The van der Waals surface area contributed by atoms with Crippen molar-refractivity contribution < 1.29 is 8.42 Å².